The summed E-state index contributed by atoms with van der Waals surface area (Å²) in [6.45, 7) is 0.677. The van der Waals surface area contributed by atoms with E-state index < -0.39 is 0 Å². The van der Waals surface area contributed by atoms with E-state index in [2.05, 4.69) is 0 Å². The van der Waals surface area contributed by atoms with Crippen LogP contribution in [0.5, 0.6) is 11.5 Å². The second-order valence-electron chi connectivity index (χ2n) is 5.71. The van der Waals surface area contributed by atoms with Crippen molar-refractivity contribution in [2.24, 2.45) is 0 Å². The molecule has 6 heteroatoms. The highest BCUT2D eigenvalue weighted by atomic mass is 16.5. The van der Waals surface area contributed by atoms with E-state index in [1.54, 1.807) is 26.4 Å². The number of aromatic nitrogens is 1. The smallest absolute Gasteiger partial charge is 0.254 e. The van der Waals surface area contributed by atoms with Crippen LogP contribution >= 0.6 is 0 Å². The molecule has 1 unspecified atom stereocenters. The number of benzene rings is 1. The van der Waals surface area contributed by atoms with E-state index in [0.717, 1.165) is 29.9 Å². The van der Waals surface area contributed by atoms with Crippen molar-refractivity contribution < 1.29 is 19.0 Å². The number of hydrogen-bond donors (Lipinski definition) is 0. The molecule has 1 aliphatic rings. The van der Waals surface area contributed by atoms with Gasteiger partial charge in [-0.2, -0.15) is 4.73 Å². The van der Waals surface area contributed by atoms with Crippen LogP contribution in [0, 0.1) is 5.21 Å². The van der Waals surface area contributed by atoms with E-state index in [4.69, 9.17) is 9.47 Å². The maximum absolute atomic E-state index is 12.8. The van der Waals surface area contributed by atoms with Gasteiger partial charge in [0.25, 0.3) is 5.91 Å². The van der Waals surface area contributed by atoms with E-state index in [-0.39, 0.29) is 11.9 Å². The third-order valence-electron chi connectivity index (χ3n) is 4.36. The van der Waals surface area contributed by atoms with Gasteiger partial charge in [-0.1, -0.05) is 0 Å². The third-order valence-corrected chi connectivity index (χ3v) is 4.36. The van der Waals surface area contributed by atoms with Crippen LogP contribution in [0.3, 0.4) is 0 Å². The zero-order valence-corrected chi connectivity index (χ0v) is 13.8. The zero-order valence-electron chi connectivity index (χ0n) is 13.8. The van der Waals surface area contributed by atoms with Gasteiger partial charge in [0.15, 0.2) is 12.4 Å². The Labute approximate surface area is 140 Å². The lowest BCUT2D eigenvalue weighted by Crippen LogP contribution is -2.32. The molecule has 1 saturated heterocycles. The van der Waals surface area contributed by atoms with Crippen molar-refractivity contribution in [2.45, 2.75) is 18.9 Å². The first kappa shape index (κ1) is 16.1. The SMILES string of the molecule is COc1ccc(OC)c(C2CCCN2C(=O)c2cc[n+]([O-])cc2)c1. The van der Waals surface area contributed by atoms with E-state index in [9.17, 15) is 10.0 Å². The molecule has 1 amide bonds. The number of rotatable bonds is 4. The van der Waals surface area contributed by atoms with Crippen molar-refractivity contribution in [3.63, 3.8) is 0 Å². The highest BCUT2D eigenvalue weighted by Gasteiger charge is 2.32. The van der Waals surface area contributed by atoms with E-state index in [0.29, 0.717) is 16.8 Å². The number of carbonyl (C=O) groups is 1. The summed E-state index contributed by atoms with van der Waals surface area (Å²) >= 11 is 0. The molecule has 24 heavy (non-hydrogen) atoms. The summed E-state index contributed by atoms with van der Waals surface area (Å²) in [5.41, 5.74) is 1.45. The van der Waals surface area contributed by atoms with Crippen molar-refractivity contribution in [1.82, 2.24) is 4.90 Å². The fourth-order valence-corrected chi connectivity index (χ4v) is 3.15. The molecule has 6 nitrogen and oxygen atoms in total. The highest BCUT2D eigenvalue weighted by Crippen LogP contribution is 2.39. The molecule has 0 bridgehead atoms. The summed E-state index contributed by atoms with van der Waals surface area (Å²) in [7, 11) is 3.24. The number of hydrogen-bond acceptors (Lipinski definition) is 4. The minimum atomic E-state index is -0.0806. The largest absolute Gasteiger partial charge is 0.619 e. The molecule has 0 radical (unpaired) electrons. The Bertz CT molecular complexity index is 730. The molecule has 2 aromatic rings. The number of carbonyl (C=O) groups excluding carboxylic acids is 1. The van der Waals surface area contributed by atoms with Gasteiger partial charge in [-0.05, 0) is 31.0 Å². The van der Waals surface area contributed by atoms with Gasteiger partial charge in [-0.25, -0.2) is 0 Å². The van der Waals surface area contributed by atoms with E-state index in [1.165, 1.54) is 12.4 Å². The number of amides is 1. The van der Waals surface area contributed by atoms with Crippen LogP contribution in [-0.2, 0) is 0 Å². The monoisotopic (exact) mass is 328 g/mol. The normalized spacial score (nSPS) is 16.9. The number of ether oxygens (including phenoxy) is 2. The van der Waals surface area contributed by atoms with Crippen molar-refractivity contribution in [1.29, 1.82) is 0 Å². The van der Waals surface area contributed by atoms with Crippen LogP contribution in [-0.4, -0.2) is 31.6 Å². The highest BCUT2D eigenvalue weighted by molar-refractivity contribution is 5.94. The zero-order chi connectivity index (χ0) is 17.1. The van der Waals surface area contributed by atoms with Crippen LogP contribution in [0.4, 0.5) is 0 Å². The van der Waals surface area contributed by atoms with Crippen molar-refractivity contribution in [3.05, 3.63) is 59.1 Å². The number of methoxy groups -OCH3 is 2. The lowest BCUT2D eigenvalue weighted by Gasteiger charge is -2.26. The Balaban J connectivity index is 1.93. The molecule has 1 atom stereocenters. The molecule has 0 spiro atoms. The predicted octanol–water partition coefficient (Wildman–Crippen LogP) is 2.31. The van der Waals surface area contributed by atoms with Gasteiger partial charge in [-0.3, -0.25) is 4.79 Å². The van der Waals surface area contributed by atoms with Crippen molar-refractivity contribution in [2.75, 3.05) is 20.8 Å². The summed E-state index contributed by atoms with van der Waals surface area (Å²) in [6, 6.07) is 8.65. The molecule has 1 fully saturated rings. The van der Waals surface area contributed by atoms with E-state index in [1.807, 2.05) is 23.1 Å². The van der Waals surface area contributed by atoms with Crippen LogP contribution in [0.1, 0.15) is 34.8 Å². The molecular weight excluding hydrogens is 308 g/mol. The molecule has 2 heterocycles. The molecule has 1 aromatic carbocycles. The minimum absolute atomic E-state index is 0.0675. The van der Waals surface area contributed by atoms with E-state index >= 15 is 0 Å². The molecule has 3 rings (SSSR count). The standard InChI is InChI=1S/C18H20N2O4/c1-23-14-5-6-17(24-2)15(12-14)16-4-3-9-20(16)18(21)13-7-10-19(22)11-8-13/h5-8,10-12,16H,3-4,9H2,1-2H3. The first-order chi connectivity index (χ1) is 11.6. The molecule has 126 valence electrons. The summed E-state index contributed by atoms with van der Waals surface area (Å²) in [4.78, 5) is 14.7. The first-order valence-corrected chi connectivity index (χ1v) is 7.85. The van der Waals surface area contributed by atoms with Gasteiger partial charge < -0.3 is 19.6 Å². The lowest BCUT2D eigenvalue weighted by molar-refractivity contribution is -0.605. The second kappa shape index (κ2) is 6.78. The van der Waals surface area contributed by atoms with Gasteiger partial charge in [0.2, 0.25) is 0 Å². The minimum Gasteiger partial charge on any atom is -0.619 e. The van der Waals surface area contributed by atoms with Gasteiger partial charge in [0.05, 0.1) is 25.8 Å². The van der Waals surface area contributed by atoms with Gasteiger partial charge in [0.1, 0.15) is 11.5 Å². The number of likely N-dealkylation sites (tertiary alicyclic amines) is 1. The Morgan fingerprint density at radius 3 is 2.62 bits per heavy atom. The first-order valence-electron chi connectivity index (χ1n) is 7.85. The quantitative estimate of drug-likeness (QED) is 0.638. The second-order valence-corrected chi connectivity index (χ2v) is 5.71. The Hall–Kier alpha value is -2.76. The molecule has 0 saturated carbocycles. The molecule has 0 N–H and O–H groups in total. The van der Waals surface area contributed by atoms with Crippen LogP contribution in [0.25, 0.3) is 0 Å². The number of pyridine rings is 1. The summed E-state index contributed by atoms with van der Waals surface area (Å²) in [6.07, 6.45) is 4.46. The van der Waals surface area contributed by atoms with Gasteiger partial charge in [0, 0.05) is 24.2 Å². The molecule has 0 aliphatic carbocycles. The van der Waals surface area contributed by atoms with Crippen LogP contribution in [0.2, 0.25) is 0 Å². The fourth-order valence-electron chi connectivity index (χ4n) is 3.15. The summed E-state index contributed by atoms with van der Waals surface area (Å²) < 4.78 is 11.4. The van der Waals surface area contributed by atoms with Crippen molar-refractivity contribution in [3.8, 4) is 11.5 Å². The van der Waals surface area contributed by atoms with Gasteiger partial charge >= 0.3 is 0 Å². The Morgan fingerprint density at radius 2 is 1.96 bits per heavy atom. The summed E-state index contributed by atoms with van der Waals surface area (Å²) in [5.74, 6) is 1.39. The fraction of sp³-hybridized carbons (Fsp3) is 0.333. The maximum Gasteiger partial charge on any atom is 0.254 e. The Kier molecular flexibility index (Phi) is 4.55. The number of nitrogens with zero attached hydrogens (tertiary/aromatic N) is 2. The van der Waals surface area contributed by atoms with Crippen molar-refractivity contribution >= 4 is 5.91 Å². The van der Waals surface area contributed by atoms with Gasteiger partial charge in [-0.15, -0.1) is 0 Å². The third kappa shape index (κ3) is 2.99. The van der Waals surface area contributed by atoms with Crippen LogP contribution in [0.15, 0.2) is 42.7 Å². The lowest BCUT2D eigenvalue weighted by atomic mass is 10.0. The molecular formula is C18H20N2O4. The summed E-state index contributed by atoms with van der Waals surface area (Å²) in [5, 5.41) is 11.2. The maximum atomic E-state index is 12.8. The predicted molar refractivity (Wildman–Crippen MR) is 88.0 cm³/mol. The molecule has 1 aromatic heterocycles. The van der Waals surface area contributed by atoms with Crippen LogP contribution < -0.4 is 14.2 Å². The topological polar surface area (TPSA) is 65.7 Å². The average molecular weight is 328 g/mol. The Morgan fingerprint density at radius 1 is 1.21 bits per heavy atom. The average Bonchev–Trinajstić information content (AvgIpc) is 3.10. The molecule has 1 aliphatic heterocycles.